The molecule has 3 aromatic rings. The monoisotopic (exact) mass is 430 g/mol. The molecule has 2 saturated heterocycles. The Kier molecular flexibility index (Phi) is 4.17. The molecule has 0 saturated carbocycles. The first-order valence-corrected chi connectivity index (χ1v) is 10.7. The highest BCUT2D eigenvalue weighted by molar-refractivity contribution is 5.97. The molecule has 0 amide bonds. The maximum atomic E-state index is 15.3. The number of benzene rings is 1. The molecule has 2 fully saturated rings. The van der Waals surface area contributed by atoms with Crippen molar-refractivity contribution in [3.63, 3.8) is 0 Å². The number of rotatable bonds is 3. The van der Waals surface area contributed by atoms with Crippen LogP contribution in [0.3, 0.4) is 0 Å². The Morgan fingerprint density at radius 1 is 1.16 bits per heavy atom. The van der Waals surface area contributed by atoms with Crippen LogP contribution in [0, 0.1) is 23.0 Å². The maximum Gasteiger partial charge on any atom is 0.167 e. The van der Waals surface area contributed by atoms with Crippen LogP contribution in [-0.2, 0) is 6.42 Å². The highest BCUT2D eigenvalue weighted by Gasteiger charge is 2.45. The van der Waals surface area contributed by atoms with Crippen molar-refractivity contribution >= 4 is 11.4 Å². The summed E-state index contributed by atoms with van der Waals surface area (Å²) in [5.41, 5.74) is 5.81. The van der Waals surface area contributed by atoms with Gasteiger partial charge in [-0.3, -0.25) is 9.97 Å². The SMILES string of the molecule is CNc1cc(F)c(F)c2c1Cc1ncc(-c3cncc(C#N)c3)c(N3C4CNCC3C4)c1-2. The van der Waals surface area contributed by atoms with Gasteiger partial charge < -0.3 is 15.5 Å². The number of fused-ring (bicyclic) bond motifs is 5. The summed E-state index contributed by atoms with van der Waals surface area (Å²) in [4.78, 5) is 11.2. The van der Waals surface area contributed by atoms with Gasteiger partial charge in [0, 0.05) is 91.2 Å². The van der Waals surface area contributed by atoms with Gasteiger partial charge in [-0.1, -0.05) is 0 Å². The smallest absolute Gasteiger partial charge is 0.167 e. The van der Waals surface area contributed by atoms with Crippen LogP contribution in [-0.4, -0.2) is 42.2 Å². The van der Waals surface area contributed by atoms with Crippen LogP contribution in [0.25, 0.3) is 22.3 Å². The summed E-state index contributed by atoms with van der Waals surface area (Å²) in [6, 6.07) is 5.66. The normalized spacial score (nSPS) is 20.2. The van der Waals surface area contributed by atoms with Crippen LogP contribution in [0.2, 0.25) is 0 Å². The number of nitrogens with zero attached hydrogens (tertiary/aromatic N) is 4. The lowest BCUT2D eigenvalue weighted by Gasteiger charge is -2.55. The Labute approximate surface area is 183 Å². The Hall–Kier alpha value is -3.57. The van der Waals surface area contributed by atoms with Crippen molar-refractivity contribution in [2.75, 3.05) is 30.4 Å². The van der Waals surface area contributed by atoms with E-state index in [1.165, 1.54) is 12.3 Å². The van der Waals surface area contributed by atoms with Crippen molar-refractivity contribution in [3.05, 3.63) is 59.2 Å². The van der Waals surface area contributed by atoms with Gasteiger partial charge in [0.05, 0.1) is 16.9 Å². The van der Waals surface area contributed by atoms with Gasteiger partial charge in [-0.05, 0) is 18.1 Å². The standard InChI is InChI=1S/C24H20F2N6/c1-28-19-5-18(25)23(26)21-16(19)4-20-22(21)24(32-14-3-15(32)10-30-9-14)17(11-31-20)13-2-12(6-27)7-29-8-13/h2,5,7-8,11,14-15,28,30H,3-4,9-10H2,1H3. The van der Waals surface area contributed by atoms with Gasteiger partial charge >= 0.3 is 0 Å². The molecule has 2 aromatic heterocycles. The van der Waals surface area contributed by atoms with E-state index >= 15 is 4.39 Å². The zero-order chi connectivity index (χ0) is 22.0. The number of pyridine rings is 2. The van der Waals surface area contributed by atoms with E-state index in [4.69, 9.17) is 0 Å². The molecule has 4 heterocycles. The first-order valence-electron chi connectivity index (χ1n) is 10.7. The van der Waals surface area contributed by atoms with E-state index in [0.29, 0.717) is 23.2 Å². The average Bonchev–Trinajstić information content (AvgIpc) is 3.22. The summed E-state index contributed by atoms with van der Waals surface area (Å²) in [7, 11) is 1.71. The minimum absolute atomic E-state index is 0.274. The summed E-state index contributed by atoms with van der Waals surface area (Å²) in [5.74, 6) is -1.72. The van der Waals surface area contributed by atoms with E-state index in [9.17, 15) is 9.65 Å². The molecule has 0 spiro atoms. The summed E-state index contributed by atoms with van der Waals surface area (Å²) >= 11 is 0. The van der Waals surface area contributed by atoms with Crippen molar-refractivity contribution < 1.29 is 8.78 Å². The highest BCUT2D eigenvalue weighted by atomic mass is 19.2. The molecular weight excluding hydrogens is 410 g/mol. The number of piperidine rings is 1. The van der Waals surface area contributed by atoms with E-state index in [-0.39, 0.29) is 17.6 Å². The molecule has 2 atom stereocenters. The molecule has 1 aliphatic carbocycles. The third-order valence-corrected chi connectivity index (χ3v) is 6.85. The molecule has 0 radical (unpaired) electrons. The minimum Gasteiger partial charge on any atom is -0.388 e. The highest BCUT2D eigenvalue weighted by Crippen LogP contribution is 2.52. The number of aromatic nitrogens is 2. The van der Waals surface area contributed by atoms with E-state index < -0.39 is 11.6 Å². The molecule has 2 N–H and O–H groups in total. The lowest BCUT2D eigenvalue weighted by atomic mass is 9.85. The Bertz CT molecular complexity index is 1300. The molecule has 2 unspecified atom stereocenters. The first kappa shape index (κ1) is 19.1. The van der Waals surface area contributed by atoms with Crippen LogP contribution in [0.1, 0.15) is 23.2 Å². The molecular formula is C24H20F2N6. The zero-order valence-corrected chi connectivity index (χ0v) is 17.4. The molecule has 3 aliphatic rings. The van der Waals surface area contributed by atoms with Gasteiger partial charge in [-0.15, -0.1) is 0 Å². The third kappa shape index (κ3) is 2.58. The molecule has 160 valence electrons. The first-order chi connectivity index (χ1) is 15.6. The van der Waals surface area contributed by atoms with Gasteiger partial charge in [0.2, 0.25) is 0 Å². The van der Waals surface area contributed by atoms with E-state index in [1.54, 1.807) is 25.5 Å². The lowest BCUT2D eigenvalue weighted by molar-refractivity contribution is 0.263. The third-order valence-electron chi connectivity index (χ3n) is 6.85. The van der Waals surface area contributed by atoms with Crippen molar-refractivity contribution in [3.8, 4) is 28.3 Å². The number of nitriles is 1. The van der Waals surface area contributed by atoms with Crippen LogP contribution < -0.4 is 15.5 Å². The second-order valence-electron chi connectivity index (χ2n) is 8.53. The average molecular weight is 430 g/mol. The number of hydrogen-bond acceptors (Lipinski definition) is 6. The number of nitrogens with one attached hydrogen (secondary N) is 2. The Morgan fingerprint density at radius 3 is 2.69 bits per heavy atom. The van der Waals surface area contributed by atoms with Crippen molar-refractivity contribution in [2.24, 2.45) is 0 Å². The van der Waals surface area contributed by atoms with Gasteiger partial charge in [0.25, 0.3) is 0 Å². The molecule has 32 heavy (non-hydrogen) atoms. The molecule has 6 nitrogen and oxygen atoms in total. The molecule has 6 rings (SSSR count). The zero-order valence-electron chi connectivity index (χ0n) is 17.4. The van der Waals surface area contributed by atoms with E-state index in [2.05, 4.69) is 31.6 Å². The Morgan fingerprint density at radius 2 is 1.97 bits per heavy atom. The van der Waals surface area contributed by atoms with Gasteiger partial charge in [0.1, 0.15) is 6.07 Å². The van der Waals surface area contributed by atoms with Crippen molar-refractivity contribution in [1.82, 2.24) is 15.3 Å². The number of piperazine rings is 1. The van der Waals surface area contributed by atoms with Crippen LogP contribution >= 0.6 is 0 Å². The summed E-state index contributed by atoms with van der Waals surface area (Å²) in [5, 5.41) is 15.8. The number of hydrogen-bond donors (Lipinski definition) is 2. The van der Waals surface area contributed by atoms with Crippen LogP contribution in [0.15, 0.2) is 30.7 Å². The number of anilines is 2. The van der Waals surface area contributed by atoms with Crippen LogP contribution in [0.5, 0.6) is 0 Å². The molecule has 2 bridgehead atoms. The predicted octanol–water partition coefficient (Wildman–Crippen LogP) is 3.46. The molecule has 8 heteroatoms. The lowest BCUT2D eigenvalue weighted by Crippen LogP contribution is -2.68. The topological polar surface area (TPSA) is 76.9 Å². The van der Waals surface area contributed by atoms with E-state index in [1.807, 2.05) is 0 Å². The molecule has 1 aromatic carbocycles. The number of halogens is 2. The Balaban J connectivity index is 1.66. The van der Waals surface area contributed by atoms with Gasteiger partial charge in [-0.2, -0.15) is 5.26 Å². The summed E-state index contributed by atoms with van der Waals surface area (Å²) in [6.07, 6.45) is 6.48. The van der Waals surface area contributed by atoms with Gasteiger partial charge in [0.15, 0.2) is 11.6 Å². The van der Waals surface area contributed by atoms with Crippen molar-refractivity contribution in [1.29, 1.82) is 5.26 Å². The van der Waals surface area contributed by atoms with Gasteiger partial charge in [-0.25, -0.2) is 8.78 Å². The maximum absolute atomic E-state index is 15.3. The summed E-state index contributed by atoms with van der Waals surface area (Å²) in [6.45, 7) is 1.67. The fraction of sp³-hybridized carbons (Fsp3) is 0.292. The second-order valence-corrected chi connectivity index (χ2v) is 8.53. The second kappa shape index (κ2) is 6.97. The fourth-order valence-electron chi connectivity index (χ4n) is 5.41. The molecule has 2 aliphatic heterocycles. The summed E-state index contributed by atoms with van der Waals surface area (Å²) < 4.78 is 29.9. The largest absolute Gasteiger partial charge is 0.388 e. The van der Waals surface area contributed by atoms with E-state index in [0.717, 1.165) is 47.6 Å². The van der Waals surface area contributed by atoms with Crippen molar-refractivity contribution in [2.45, 2.75) is 24.9 Å². The minimum atomic E-state index is -0.879. The quantitative estimate of drug-likeness (QED) is 0.519. The van der Waals surface area contributed by atoms with Crippen LogP contribution in [0.4, 0.5) is 20.2 Å². The fourth-order valence-corrected chi connectivity index (χ4v) is 5.41. The predicted molar refractivity (Wildman–Crippen MR) is 117 cm³/mol.